The number of aliphatic hydroxyl groups is 1. The minimum absolute atomic E-state index is 0.202. The molecule has 0 aliphatic heterocycles. The van der Waals surface area contributed by atoms with Gasteiger partial charge in [0.1, 0.15) is 5.54 Å². The van der Waals surface area contributed by atoms with Crippen LogP contribution in [-0.4, -0.2) is 48.4 Å². The standard InChI is InChI=1S/C13H27NO3S/c1-11(7-9-15)18-10-6-5-8-13(2,14-3)12(16)17-4/h11,14-15H,5-10H2,1-4H3. The molecule has 0 heterocycles. The molecule has 0 aromatic carbocycles. The van der Waals surface area contributed by atoms with Crippen LogP contribution in [0.5, 0.6) is 0 Å². The van der Waals surface area contributed by atoms with E-state index in [9.17, 15) is 4.79 Å². The van der Waals surface area contributed by atoms with E-state index < -0.39 is 5.54 Å². The number of thioether (sulfide) groups is 1. The molecule has 2 atom stereocenters. The molecule has 0 fully saturated rings. The predicted octanol–water partition coefficient (Wildman–Crippen LogP) is 1.81. The summed E-state index contributed by atoms with van der Waals surface area (Å²) in [6, 6.07) is 0. The summed E-state index contributed by atoms with van der Waals surface area (Å²) in [7, 11) is 3.21. The van der Waals surface area contributed by atoms with Crippen LogP contribution in [0.3, 0.4) is 0 Å². The molecule has 0 saturated carbocycles. The topological polar surface area (TPSA) is 58.6 Å². The monoisotopic (exact) mass is 277 g/mol. The number of ether oxygens (including phenoxy) is 1. The number of esters is 1. The zero-order chi connectivity index (χ0) is 14.0. The van der Waals surface area contributed by atoms with Crippen LogP contribution in [0.1, 0.15) is 39.5 Å². The summed E-state index contributed by atoms with van der Waals surface area (Å²) >= 11 is 1.88. The van der Waals surface area contributed by atoms with Crippen molar-refractivity contribution >= 4 is 17.7 Å². The van der Waals surface area contributed by atoms with Crippen LogP contribution in [0.15, 0.2) is 0 Å². The third-order valence-electron chi connectivity index (χ3n) is 3.20. The zero-order valence-electron chi connectivity index (χ0n) is 12.0. The number of likely N-dealkylation sites (N-methyl/N-ethyl adjacent to an activating group) is 1. The van der Waals surface area contributed by atoms with Crippen molar-refractivity contribution < 1.29 is 14.6 Å². The minimum Gasteiger partial charge on any atom is -0.468 e. The third kappa shape index (κ3) is 6.61. The quantitative estimate of drug-likeness (QED) is 0.471. The number of rotatable bonds is 10. The lowest BCUT2D eigenvalue weighted by atomic mass is 9.95. The van der Waals surface area contributed by atoms with E-state index in [1.54, 1.807) is 7.05 Å². The molecule has 2 unspecified atom stereocenters. The number of hydrogen-bond acceptors (Lipinski definition) is 5. The molecule has 108 valence electrons. The van der Waals surface area contributed by atoms with Gasteiger partial charge in [0.15, 0.2) is 0 Å². The summed E-state index contributed by atoms with van der Waals surface area (Å²) in [6.45, 7) is 4.27. The van der Waals surface area contributed by atoms with Crippen molar-refractivity contribution in [1.29, 1.82) is 0 Å². The van der Waals surface area contributed by atoms with Gasteiger partial charge in [-0.1, -0.05) is 13.3 Å². The van der Waals surface area contributed by atoms with Gasteiger partial charge >= 0.3 is 5.97 Å². The average Bonchev–Trinajstić information content (AvgIpc) is 2.37. The van der Waals surface area contributed by atoms with E-state index in [0.29, 0.717) is 5.25 Å². The van der Waals surface area contributed by atoms with Gasteiger partial charge < -0.3 is 15.2 Å². The first-order chi connectivity index (χ1) is 8.50. The molecule has 0 bridgehead atoms. The van der Waals surface area contributed by atoms with Gasteiger partial charge in [-0.2, -0.15) is 11.8 Å². The largest absolute Gasteiger partial charge is 0.468 e. The van der Waals surface area contributed by atoms with E-state index in [0.717, 1.165) is 31.4 Å². The lowest BCUT2D eigenvalue weighted by Crippen LogP contribution is -2.48. The van der Waals surface area contributed by atoms with Crippen molar-refractivity contribution in [2.75, 3.05) is 26.5 Å². The van der Waals surface area contributed by atoms with Crippen LogP contribution in [0.4, 0.5) is 0 Å². The Morgan fingerprint density at radius 3 is 2.67 bits per heavy atom. The highest BCUT2D eigenvalue weighted by Gasteiger charge is 2.31. The Bertz CT molecular complexity index is 238. The summed E-state index contributed by atoms with van der Waals surface area (Å²) in [5.41, 5.74) is -0.573. The summed E-state index contributed by atoms with van der Waals surface area (Å²) in [5, 5.41) is 12.3. The van der Waals surface area contributed by atoms with Crippen molar-refractivity contribution in [2.45, 2.75) is 50.3 Å². The van der Waals surface area contributed by atoms with Crippen LogP contribution in [-0.2, 0) is 9.53 Å². The van der Waals surface area contributed by atoms with Gasteiger partial charge in [-0.15, -0.1) is 0 Å². The van der Waals surface area contributed by atoms with Crippen molar-refractivity contribution in [3.05, 3.63) is 0 Å². The highest BCUT2D eigenvalue weighted by atomic mass is 32.2. The second kappa shape index (κ2) is 9.64. The van der Waals surface area contributed by atoms with E-state index in [1.165, 1.54) is 7.11 Å². The van der Waals surface area contributed by atoms with Gasteiger partial charge in [-0.05, 0) is 39.0 Å². The third-order valence-corrected chi connectivity index (χ3v) is 4.53. The lowest BCUT2D eigenvalue weighted by Gasteiger charge is -2.26. The fraction of sp³-hybridized carbons (Fsp3) is 0.923. The number of carbonyl (C=O) groups excluding carboxylic acids is 1. The Balaban J connectivity index is 3.78. The number of methoxy groups -OCH3 is 1. The number of carbonyl (C=O) groups is 1. The van der Waals surface area contributed by atoms with E-state index in [4.69, 9.17) is 9.84 Å². The maximum absolute atomic E-state index is 11.6. The van der Waals surface area contributed by atoms with Crippen LogP contribution in [0.25, 0.3) is 0 Å². The maximum atomic E-state index is 11.6. The van der Waals surface area contributed by atoms with Crippen molar-refractivity contribution in [1.82, 2.24) is 5.32 Å². The van der Waals surface area contributed by atoms with Crippen molar-refractivity contribution in [3.63, 3.8) is 0 Å². The van der Waals surface area contributed by atoms with Gasteiger partial charge in [0.05, 0.1) is 7.11 Å². The van der Waals surface area contributed by atoms with Crippen molar-refractivity contribution in [3.8, 4) is 0 Å². The Hall–Kier alpha value is -0.260. The molecule has 2 N–H and O–H groups in total. The first-order valence-electron chi connectivity index (χ1n) is 6.50. The van der Waals surface area contributed by atoms with Crippen molar-refractivity contribution in [2.24, 2.45) is 0 Å². The van der Waals surface area contributed by atoms with E-state index >= 15 is 0 Å². The normalized spacial score (nSPS) is 16.1. The summed E-state index contributed by atoms with van der Waals surface area (Å²) in [6.07, 6.45) is 3.70. The molecule has 4 nitrogen and oxygen atoms in total. The average molecular weight is 277 g/mol. The van der Waals surface area contributed by atoms with Crippen LogP contribution in [0, 0.1) is 0 Å². The molecule has 0 rings (SSSR count). The predicted molar refractivity (Wildman–Crippen MR) is 77.0 cm³/mol. The zero-order valence-corrected chi connectivity index (χ0v) is 12.8. The maximum Gasteiger partial charge on any atom is 0.325 e. The van der Waals surface area contributed by atoms with Crippen LogP contribution >= 0.6 is 11.8 Å². The first-order valence-corrected chi connectivity index (χ1v) is 7.55. The molecule has 5 heteroatoms. The van der Waals surface area contributed by atoms with Gasteiger partial charge in [-0.3, -0.25) is 4.79 Å². The molecule has 0 amide bonds. The first kappa shape index (κ1) is 17.7. The SMILES string of the molecule is CNC(C)(CCCCSC(C)CCO)C(=O)OC. The number of nitrogens with one attached hydrogen (secondary N) is 1. The van der Waals surface area contributed by atoms with Gasteiger partial charge in [-0.25, -0.2) is 0 Å². The molecule has 0 aliphatic rings. The Kier molecular flexibility index (Phi) is 9.50. The Labute approximate surface area is 115 Å². The lowest BCUT2D eigenvalue weighted by molar-refractivity contribution is -0.148. The molecular formula is C13H27NO3S. The second-order valence-electron chi connectivity index (χ2n) is 4.72. The van der Waals surface area contributed by atoms with E-state index in [1.807, 2.05) is 18.7 Å². The van der Waals surface area contributed by atoms with E-state index in [-0.39, 0.29) is 12.6 Å². The highest BCUT2D eigenvalue weighted by molar-refractivity contribution is 7.99. The highest BCUT2D eigenvalue weighted by Crippen LogP contribution is 2.19. The molecule has 0 aliphatic carbocycles. The minimum atomic E-state index is -0.573. The molecule has 0 spiro atoms. The molecule has 0 aromatic heterocycles. The summed E-state index contributed by atoms with van der Waals surface area (Å²) in [5.74, 6) is 0.869. The smallest absolute Gasteiger partial charge is 0.325 e. The molecular weight excluding hydrogens is 250 g/mol. The Morgan fingerprint density at radius 2 is 2.17 bits per heavy atom. The van der Waals surface area contributed by atoms with Crippen LogP contribution < -0.4 is 5.32 Å². The molecule has 0 saturated heterocycles. The number of unbranched alkanes of at least 4 members (excludes halogenated alkanes) is 1. The van der Waals surface area contributed by atoms with Gasteiger partial charge in [0.25, 0.3) is 0 Å². The van der Waals surface area contributed by atoms with Crippen LogP contribution in [0.2, 0.25) is 0 Å². The Morgan fingerprint density at radius 1 is 1.50 bits per heavy atom. The fourth-order valence-electron chi connectivity index (χ4n) is 1.68. The molecule has 0 aromatic rings. The van der Waals surface area contributed by atoms with E-state index in [2.05, 4.69) is 12.2 Å². The summed E-state index contributed by atoms with van der Waals surface area (Å²) < 4.78 is 4.80. The summed E-state index contributed by atoms with van der Waals surface area (Å²) in [4.78, 5) is 11.6. The molecule has 18 heavy (non-hydrogen) atoms. The number of aliphatic hydroxyl groups excluding tert-OH is 1. The van der Waals surface area contributed by atoms with Gasteiger partial charge in [0, 0.05) is 11.9 Å². The molecule has 0 radical (unpaired) electrons. The fourth-order valence-corrected chi connectivity index (χ4v) is 2.73. The number of hydrogen-bond donors (Lipinski definition) is 2. The second-order valence-corrected chi connectivity index (χ2v) is 6.27. The van der Waals surface area contributed by atoms with Gasteiger partial charge in [0.2, 0.25) is 0 Å².